The minimum atomic E-state index is 0.116. The molecule has 2 rings (SSSR count). The number of thiophene rings is 1. The maximum absolute atomic E-state index is 6.01. The lowest BCUT2D eigenvalue weighted by Gasteiger charge is -2.18. The lowest BCUT2D eigenvalue weighted by Crippen LogP contribution is -2.22. The number of aromatic nitrogens is 1. The van der Waals surface area contributed by atoms with E-state index in [-0.39, 0.29) is 6.04 Å². The molecule has 0 aromatic carbocycles. The number of nitrogens with one attached hydrogen (secondary N) is 1. The predicted octanol–water partition coefficient (Wildman–Crippen LogP) is 3.19. The Morgan fingerprint density at radius 2 is 2.41 bits per heavy atom. The van der Waals surface area contributed by atoms with Crippen LogP contribution in [0.5, 0.6) is 0 Å². The predicted molar refractivity (Wildman–Crippen MR) is 76.2 cm³/mol. The highest BCUT2D eigenvalue weighted by Crippen LogP contribution is 2.32. The van der Waals surface area contributed by atoms with Gasteiger partial charge in [-0.25, -0.2) is 0 Å². The number of hydrogen-bond donors (Lipinski definition) is 2. The van der Waals surface area contributed by atoms with Crippen LogP contribution >= 0.6 is 27.3 Å². The van der Waals surface area contributed by atoms with Crippen LogP contribution in [0, 0.1) is 0 Å². The SMILES string of the molecule is CCNC(c1cc(Br)cs1)c1cnccc1N. The van der Waals surface area contributed by atoms with Gasteiger partial charge >= 0.3 is 0 Å². The summed E-state index contributed by atoms with van der Waals surface area (Å²) in [6, 6.07) is 4.07. The smallest absolute Gasteiger partial charge is 0.0706 e. The van der Waals surface area contributed by atoms with Gasteiger partial charge in [0.1, 0.15) is 0 Å². The second-order valence-electron chi connectivity index (χ2n) is 3.66. The molecule has 0 amide bonds. The fourth-order valence-electron chi connectivity index (χ4n) is 1.71. The lowest BCUT2D eigenvalue weighted by molar-refractivity contribution is 0.639. The molecule has 0 saturated heterocycles. The van der Waals surface area contributed by atoms with Crippen molar-refractivity contribution in [1.82, 2.24) is 10.3 Å². The van der Waals surface area contributed by atoms with Crippen LogP contribution in [0.15, 0.2) is 34.4 Å². The first-order valence-electron chi connectivity index (χ1n) is 5.39. The molecule has 17 heavy (non-hydrogen) atoms. The number of pyridine rings is 1. The molecule has 0 aliphatic rings. The molecule has 0 radical (unpaired) electrons. The molecule has 2 aromatic rings. The zero-order chi connectivity index (χ0) is 12.3. The summed E-state index contributed by atoms with van der Waals surface area (Å²) < 4.78 is 1.10. The Labute approximate surface area is 113 Å². The molecule has 1 atom stereocenters. The van der Waals surface area contributed by atoms with Crippen molar-refractivity contribution in [2.45, 2.75) is 13.0 Å². The largest absolute Gasteiger partial charge is 0.398 e. The van der Waals surface area contributed by atoms with Crippen LogP contribution in [0.25, 0.3) is 0 Å². The molecular weight excluding hydrogens is 298 g/mol. The number of nitrogen functional groups attached to an aromatic ring is 1. The Kier molecular flexibility index (Phi) is 4.15. The maximum atomic E-state index is 6.01. The summed E-state index contributed by atoms with van der Waals surface area (Å²) >= 11 is 5.19. The van der Waals surface area contributed by atoms with E-state index in [4.69, 9.17) is 5.73 Å². The van der Waals surface area contributed by atoms with Crippen LogP contribution in [-0.2, 0) is 0 Å². The molecule has 0 spiro atoms. The minimum absolute atomic E-state index is 0.116. The highest BCUT2D eigenvalue weighted by molar-refractivity contribution is 9.10. The Balaban J connectivity index is 2.39. The van der Waals surface area contributed by atoms with Gasteiger partial charge in [0.2, 0.25) is 0 Å². The number of nitrogens with zero attached hydrogens (tertiary/aromatic N) is 1. The third-order valence-corrected chi connectivity index (χ3v) is 4.24. The molecule has 3 nitrogen and oxygen atoms in total. The molecule has 2 aromatic heterocycles. The van der Waals surface area contributed by atoms with Crippen molar-refractivity contribution in [1.29, 1.82) is 0 Å². The van der Waals surface area contributed by atoms with Crippen LogP contribution in [-0.4, -0.2) is 11.5 Å². The third kappa shape index (κ3) is 2.86. The van der Waals surface area contributed by atoms with Gasteiger partial charge in [-0.2, -0.15) is 0 Å². The van der Waals surface area contributed by atoms with Gasteiger partial charge in [-0.1, -0.05) is 6.92 Å². The van der Waals surface area contributed by atoms with Crippen LogP contribution in [0.2, 0.25) is 0 Å². The summed E-state index contributed by atoms with van der Waals surface area (Å²) in [5, 5.41) is 5.51. The van der Waals surface area contributed by atoms with Crippen molar-refractivity contribution < 1.29 is 0 Å². The van der Waals surface area contributed by atoms with E-state index in [1.165, 1.54) is 4.88 Å². The van der Waals surface area contributed by atoms with Crippen molar-refractivity contribution in [3.8, 4) is 0 Å². The van der Waals surface area contributed by atoms with E-state index >= 15 is 0 Å². The molecule has 1 unspecified atom stereocenters. The van der Waals surface area contributed by atoms with E-state index in [0.29, 0.717) is 0 Å². The fourth-order valence-corrected chi connectivity index (χ4v) is 3.24. The minimum Gasteiger partial charge on any atom is -0.398 e. The van der Waals surface area contributed by atoms with Gasteiger partial charge in [-0.15, -0.1) is 11.3 Å². The van der Waals surface area contributed by atoms with Crippen LogP contribution in [0.3, 0.4) is 0 Å². The quantitative estimate of drug-likeness (QED) is 0.911. The summed E-state index contributed by atoms with van der Waals surface area (Å²) in [4.78, 5) is 5.39. The zero-order valence-corrected chi connectivity index (χ0v) is 11.9. The number of rotatable bonds is 4. The van der Waals surface area contributed by atoms with E-state index in [1.54, 1.807) is 17.5 Å². The monoisotopic (exact) mass is 311 g/mol. The van der Waals surface area contributed by atoms with Gasteiger partial charge in [-0.05, 0) is 34.6 Å². The standard InChI is InChI=1S/C12H14BrN3S/c1-2-16-12(11-5-8(13)7-17-11)9-6-15-4-3-10(9)14/h3-7,12,16H,2H2,1H3,(H2,14,15). The zero-order valence-electron chi connectivity index (χ0n) is 9.48. The molecule has 0 fully saturated rings. The lowest BCUT2D eigenvalue weighted by atomic mass is 10.1. The molecule has 90 valence electrons. The molecular formula is C12H14BrN3S. The van der Waals surface area contributed by atoms with Crippen LogP contribution in [0.4, 0.5) is 5.69 Å². The summed E-state index contributed by atoms with van der Waals surface area (Å²) in [5.74, 6) is 0. The Morgan fingerprint density at radius 1 is 1.59 bits per heavy atom. The molecule has 2 heterocycles. The van der Waals surface area contributed by atoms with Gasteiger partial charge in [0.25, 0.3) is 0 Å². The Morgan fingerprint density at radius 3 is 3.00 bits per heavy atom. The molecule has 3 N–H and O–H groups in total. The van der Waals surface area contributed by atoms with Crippen molar-refractivity contribution in [2.24, 2.45) is 0 Å². The van der Waals surface area contributed by atoms with E-state index < -0.39 is 0 Å². The molecule has 0 aliphatic carbocycles. The average Bonchev–Trinajstić information content (AvgIpc) is 2.74. The second kappa shape index (κ2) is 5.62. The van der Waals surface area contributed by atoms with Gasteiger partial charge in [-0.3, -0.25) is 4.98 Å². The summed E-state index contributed by atoms with van der Waals surface area (Å²) in [7, 11) is 0. The van der Waals surface area contributed by atoms with Gasteiger partial charge in [0.05, 0.1) is 6.04 Å². The maximum Gasteiger partial charge on any atom is 0.0706 e. The number of hydrogen-bond acceptors (Lipinski definition) is 4. The van der Waals surface area contributed by atoms with Crippen molar-refractivity contribution in [3.05, 3.63) is 44.8 Å². The molecule has 0 aliphatic heterocycles. The number of halogens is 1. The van der Waals surface area contributed by atoms with E-state index in [0.717, 1.165) is 22.3 Å². The normalized spacial score (nSPS) is 12.6. The molecule has 5 heteroatoms. The Bertz CT molecular complexity index is 498. The average molecular weight is 312 g/mol. The number of anilines is 1. The van der Waals surface area contributed by atoms with Gasteiger partial charge in [0.15, 0.2) is 0 Å². The number of nitrogens with two attached hydrogens (primary N) is 1. The summed E-state index contributed by atoms with van der Waals surface area (Å²) in [6.07, 6.45) is 3.54. The topological polar surface area (TPSA) is 50.9 Å². The Hall–Kier alpha value is -0.910. The highest BCUT2D eigenvalue weighted by Gasteiger charge is 2.17. The molecule has 0 saturated carbocycles. The van der Waals surface area contributed by atoms with Gasteiger partial charge < -0.3 is 11.1 Å². The van der Waals surface area contributed by atoms with Crippen molar-refractivity contribution >= 4 is 33.0 Å². The first-order valence-corrected chi connectivity index (χ1v) is 7.06. The van der Waals surface area contributed by atoms with E-state index in [2.05, 4.69) is 44.6 Å². The van der Waals surface area contributed by atoms with Crippen LogP contribution in [0.1, 0.15) is 23.4 Å². The highest BCUT2D eigenvalue weighted by atomic mass is 79.9. The van der Waals surface area contributed by atoms with E-state index in [1.807, 2.05) is 12.3 Å². The fraction of sp³-hybridized carbons (Fsp3) is 0.250. The van der Waals surface area contributed by atoms with Crippen molar-refractivity contribution in [2.75, 3.05) is 12.3 Å². The second-order valence-corrected chi connectivity index (χ2v) is 5.52. The first-order chi connectivity index (χ1) is 8.22. The van der Waals surface area contributed by atoms with E-state index in [9.17, 15) is 0 Å². The summed E-state index contributed by atoms with van der Waals surface area (Å²) in [5.41, 5.74) is 7.81. The van der Waals surface area contributed by atoms with Crippen LogP contribution < -0.4 is 11.1 Å². The van der Waals surface area contributed by atoms with Crippen molar-refractivity contribution in [3.63, 3.8) is 0 Å². The van der Waals surface area contributed by atoms with Gasteiger partial charge in [0, 0.05) is 38.4 Å². The molecule has 0 bridgehead atoms. The summed E-state index contributed by atoms with van der Waals surface area (Å²) in [6.45, 7) is 2.97. The first kappa shape index (κ1) is 12.5. The third-order valence-electron chi connectivity index (χ3n) is 2.48.